The minimum atomic E-state index is -0.408. The van der Waals surface area contributed by atoms with Gasteiger partial charge in [-0.05, 0) is 42.7 Å². The Morgan fingerprint density at radius 3 is 2.39 bits per heavy atom. The second-order valence-corrected chi connectivity index (χ2v) is 5.58. The maximum atomic E-state index is 10.2. The number of thioether (sulfide) groups is 1. The van der Waals surface area contributed by atoms with Crippen molar-refractivity contribution < 1.29 is 5.11 Å². The Morgan fingerprint density at radius 1 is 1.00 bits per heavy atom. The van der Waals surface area contributed by atoms with E-state index in [4.69, 9.17) is 0 Å². The van der Waals surface area contributed by atoms with Crippen LogP contribution in [0, 0.1) is 13.8 Å². The molecule has 94 valence electrons. The first-order chi connectivity index (χ1) is 8.66. The Labute approximate surface area is 113 Å². The lowest BCUT2D eigenvalue weighted by atomic mass is 10.0. The zero-order valence-corrected chi connectivity index (χ0v) is 11.6. The summed E-state index contributed by atoms with van der Waals surface area (Å²) in [6.45, 7) is 4.17. The molecular formula is C16H18OS. The molecule has 2 aromatic rings. The molecule has 0 radical (unpaired) electrons. The quantitative estimate of drug-likeness (QED) is 0.832. The molecule has 0 amide bonds. The molecular weight excluding hydrogens is 240 g/mol. The maximum Gasteiger partial charge on any atom is 0.0884 e. The van der Waals surface area contributed by atoms with Crippen LogP contribution in [0.25, 0.3) is 0 Å². The Morgan fingerprint density at radius 2 is 1.72 bits per heavy atom. The molecule has 2 aromatic carbocycles. The predicted octanol–water partition coefficient (Wildman–Crippen LogP) is 4.13. The minimum absolute atomic E-state index is 0.408. The van der Waals surface area contributed by atoms with E-state index in [1.807, 2.05) is 24.3 Å². The summed E-state index contributed by atoms with van der Waals surface area (Å²) >= 11 is 1.68. The van der Waals surface area contributed by atoms with Crippen molar-refractivity contribution in [1.29, 1.82) is 0 Å². The average molecular weight is 258 g/mol. The lowest BCUT2D eigenvalue weighted by Crippen LogP contribution is -2.01. The van der Waals surface area contributed by atoms with Crippen molar-refractivity contribution in [2.75, 3.05) is 5.75 Å². The topological polar surface area (TPSA) is 20.2 Å². The molecule has 0 aromatic heterocycles. The normalized spacial score (nSPS) is 12.4. The molecule has 2 rings (SSSR count). The first-order valence-corrected chi connectivity index (χ1v) is 7.08. The summed E-state index contributed by atoms with van der Waals surface area (Å²) in [4.78, 5) is 1.19. The van der Waals surface area contributed by atoms with Crippen LogP contribution in [-0.4, -0.2) is 10.9 Å². The van der Waals surface area contributed by atoms with Crippen LogP contribution >= 0.6 is 11.8 Å². The molecule has 0 spiro atoms. The molecule has 18 heavy (non-hydrogen) atoms. The fourth-order valence-electron chi connectivity index (χ4n) is 1.76. The van der Waals surface area contributed by atoms with Gasteiger partial charge in [0.1, 0.15) is 0 Å². The third-order valence-corrected chi connectivity index (χ3v) is 4.15. The van der Waals surface area contributed by atoms with E-state index in [0.29, 0.717) is 5.75 Å². The molecule has 0 aliphatic carbocycles. The van der Waals surface area contributed by atoms with Crippen LogP contribution in [0.5, 0.6) is 0 Å². The Hall–Kier alpha value is -1.25. The van der Waals surface area contributed by atoms with Gasteiger partial charge in [-0.3, -0.25) is 0 Å². The van der Waals surface area contributed by atoms with Crippen molar-refractivity contribution in [3.8, 4) is 0 Å². The van der Waals surface area contributed by atoms with Gasteiger partial charge in [0.25, 0.3) is 0 Å². The highest BCUT2D eigenvalue weighted by Crippen LogP contribution is 2.25. The van der Waals surface area contributed by atoms with Gasteiger partial charge in [-0.1, -0.05) is 36.4 Å². The summed E-state index contributed by atoms with van der Waals surface area (Å²) in [5, 5.41) is 10.2. The smallest absolute Gasteiger partial charge is 0.0884 e. The molecule has 1 atom stereocenters. The second-order valence-electron chi connectivity index (χ2n) is 4.48. The SMILES string of the molecule is Cc1ccc(C(O)CSc2ccccc2)cc1C. The van der Waals surface area contributed by atoms with Gasteiger partial charge in [0.2, 0.25) is 0 Å². The van der Waals surface area contributed by atoms with E-state index < -0.39 is 6.10 Å². The lowest BCUT2D eigenvalue weighted by molar-refractivity contribution is 0.204. The monoisotopic (exact) mass is 258 g/mol. The molecule has 1 unspecified atom stereocenters. The number of aryl methyl sites for hydroxylation is 2. The first kappa shape index (κ1) is 13.2. The van der Waals surface area contributed by atoms with Crippen molar-refractivity contribution in [1.82, 2.24) is 0 Å². The number of aliphatic hydroxyl groups is 1. The van der Waals surface area contributed by atoms with E-state index >= 15 is 0 Å². The van der Waals surface area contributed by atoms with Gasteiger partial charge in [0.05, 0.1) is 6.10 Å². The molecule has 1 nitrogen and oxygen atoms in total. The number of hydrogen-bond acceptors (Lipinski definition) is 2. The molecule has 0 saturated heterocycles. The van der Waals surface area contributed by atoms with Crippen LogP contribution in [0.1, 0.15) is 22.8 Å². The number of benzene rings is 2. The summed E-state index contributed by atoms with van der Waals surface area (Å²) in [5.41, 5.74) is 3.50. The number of aliphatic hydroxyl groups excluding tert-OH is 1. The summed E-state index contributed by atoms with van der Waals surface area (Å²) in [7, 11) is 0. The molecule has 0 saturated carbocycles. The van der Waals surface area contributed by atoms with E-state index in [9.17, 15) is 5.11 Å². The fourth-order valence-corrected chi connectivity index (χ4v) is 2.65. The number of hydrogen-bond donors (Lipinski definition) is 1. The van der Waals surface area contributed by atoms with Crippen molar-refractivity contribution >= 4 is 11.8 Å². The van der Waals surface area contributed by atoms with Crippen LogP contribution in [0.15, 0.2) is 53.4 Å². The maximum absolute atomic E-state index is 10.2. The third-order valence-electron chi connectivity index (χ3n) is 3.07. The van der Waals surface area contributed by atoms with Crippen molar-refractivity contribution in [2.45, 2.75) is 24.8 Å². The average Bonchev–Trinajstić information content (AvgIpc) is 2.40. The van der Waals surface area contributed by atoms with Gasteiger partial charge in [-0.15, -0.1) is 11.8 Å². The summed E-state index contributed by atoms with van der Waals surface area (Å²) in [6, 6.07) is 16.3. The Balaban J connectivity index is 1.99. The highest BCUT2D eigenvalue weighted by Gasteiger charge is 2.08. The van der Waals surface area contributed by atoms with Crippen LogP contribution in [0.2, 0.25) is 0 Å². The molecule has 1 N–H and O–H groups in total. The van der Waals surface area contributed by atoms with E-state index in [1.165, 1.54) is 16.0 Å². The van der Waals surface area contributed by atoms with E-state index in [2.05, 4.69) is 38.1 Å². The summed E-state index contributed by atoms with van der Waals surface area (Å²) in [5.74, 6) is 0.687. The fraction of sp³-hybridized carbons (Fsp3) is 0.250. The lowest BCUT2D eigenvalue weighted by Gasteiger charge is -2.12. The van der Waals surface area contributed by atoms with Gasteiger partial charge in [0.15, 0.2) is 0 Å². The van der Waals surface area contributed by atoms with Crippen LogP contribution < -0.4 is 0 Å². The van der Waals surface area contributed by atoms with E-state index in [0.717, 1.165) is 5.56 Å². The van der Waals surface area contributed by atoms with Crippen molar-refractivity contribution in [2.24, 2.45) is 0 Å². The van der Waals surface area contributed by atoms with Gasteiger partial charge < -0.3 is 5.11 Å². The predicted molar refractivity (Wildman–Crippen MR) is 78.0 cm³/mol. The van der Waals surface area contributed by atoms with Crippen LogP contribution in [0.3, 0.4) is 0 Å². The molecule has 2 heteroatoms. The van der Waals surface area contributed by atoms with E-state index in [-0.39, 0.29) is 0 Å². The van der Waals surface area contributed by atoms with Crippen LogP contribution in [-0.2, 0) is 0 Å². The largest absolute Gasteiger partial charge is 0.388 e. The molecule has 0 aliphatic rings. The van der Waals surface area contributed by atoms with Crippen molar-refractivity contribution in [3.63, 3.8) is 0 Å². The minimum Gasteiger partial charge on any atom is -0.388 e. The summed E-state index contributed by atoms with van der Waals surface area (Å²) in [6.07, 6.45) is -0.408. The van der Waals surface area contributed by atoms with Crippen molar-refractivity contribution in [3.05, 3.63) is 65.2 Å². The zero-order chi connectivity index (χ0) is 13.0. The highest BCUT2D eigenvalue weighted by atomic mass is 32.2. The zero-order valence-electron chi connectivity index (χ0n) is 10.8. The third kappa shape index (κ3) is 3.37. The molecule has 0 heterocycles. The Bertz CT molecular complexity index is 508. The summed E-state index contributed by atoms with van der Waals surface area (Å²) < 4.78 is 0. The number of rotatable bonds is 4. The molecule has 0 fully saturated rings. The van der Waals surface area contributed by atoms with Gasteiger partial charge >= 0.3 is 0 Å². The first-order valence-electron chi connectivity index (χ1n) is 6.10. The second kappa shape index (κ2) is 6.07. The Kier molecular flexibility index (Phi) is 4.45. The van der Waals surface area contributed by atoms with Gasteiger partial charge in [-0.2, -0.15) is 0 Å². The standard InChI is InChI=1S/C16H18OS/c1-12-8-9-14(10-13(12)2)16(17)11-18-15-6-4-3-5-7-15/h3-10,16-17H,11H2,1-2H3. The highest BCUT2D eigenvalue weighted by molar-refractivity contribution is 7.99. The molecule has 0 aliphatic heterocycles. The van der Waals surface area contributed by atoms with Gasteiger partial charge in [-0.25, -0.2) is 0 Å². The molecule has 0 bridgehead atoms. The van der Waals surface area contributed by atoms with Gasteiger partial charge in [0, 0.05) is 10.6 Å². The van der Waals surface area contributed by atoms with E-state index in [1.54, 1.807) is 11.8 Å². The van der Waals surface area contributed by atoms with Crippen LogP contribution in [0.4, 0.5) is 0 Å².